The van der Waals surface area contributed by atoms with Crippen molar-refractivity contribution < 1.29 is 14.3 Å². The minimum atomic E-state index is -0.409. The van der Waals surface area contributed by atoms with Crippen molar-refractivity contribution in [1.82, 2.24) is 28.5 Å². The van der Waals surface area contributed by atoms with Crippen molar-refractivity contribution in [3.8, 4) is 0 Å². The zero-order valence-corrected chi connectivity index (χ0v) is 17.4. The second-order valence-electron chi connectivity index (χ2n) is 7.01. The smallest absolute Gasteiger partial charge is 0.409 e. The van der Waals surface area contributed by atoms with E-state index >= 15 is 0 Å². The first kappa shape index (κ1) is 21.1. The van der Waals surface area contributed by atoms with Crippen LogP contribution in [-0.2, 0) is 36.7 Å². The maximum atomic E-state index is 12.7. The lowest BCUT2D eigenvalue weighted by Crippen LogP contribution is -2.48. The highest BCUT2D eigenvalue weighted by Crippen LogP contribution is 2.15. The summed E-state index contributed by atoms with van der Waals surface area (Å²) in [5.41, 5.74) is -0.0141. The van der Waals surface area contributed by atoms with Crippen molar-refractivity contribution in [1.29, 1.82) is 0 Å². The van der Waals surface area contributed by atoms with Crippen LogP contribution in [-0.4, -0.2) is 81.1 Å². The highest BCUT2D eigenvalue weighted by Gasteiger charge is 2.25. The SMILES string of the molecule is CCOC(=O)N1CCN(Cc2nc3c(c(=O)n(C)c(=O)n3C)n2CCOC)CC1. The molecule has 0 radical (unpaired) electrons. The predicted molar refractivity (Wildman–Crippen MR) is 106 cm³/mol. The lowest BCUT2D eigenvalue weighted by atomic mass is 10.3. The molecule has 160 valence electrons. The summed E-state index contributed by atoms with van der Waals surface area (Å²) >= 11 is 0. The Morgan fingerprint density at radius 2 is 1.79 bits per heavy atom. The molecular formula is C18H28N6O5. The number of nitrogens with zero attached hydrogens (tertiary/aromatic N) is 6. The van der Waals surface area contributed by atoms with E-state index in [4.69, 9.17) is 9.47 Å². The summed E-state index contributed by atoms with van der Waals surface area (Å²) in [4.78, 5) is 45.4. The first-order chi connectivity index (χ1) is 13.9. The summed E-state index contributed by atoms with van der Waals surface area (Å²) in [6.45, 7) is 6.00. The largest absolute Gasteiger partial charge is 0.450 e. The molecule has 11 nitrogen and oxygen atoms in total. The lowest BCUT2D eigenvalue weighted by Gasteiger charge is -2.33. The van der Waals surface area contributed by atoms with E-state index in [0.717, 1.165) is 4.57 Å². The van der Waals surface area contributed by atoms with Crippen molar-refractivity contribution in [2.45, 2.75) is 20.0 Å². The van der Waals surface area contributed by atoms with E-state index in [0.29, 0.717) is 69.5 Å². The maximum absolute atomic E-state index is 12.7. The van der Waals surface area contributed by atoms with Gasteiger partial charge in [-0.1, -0.05) is 0 Å². The van der Waals surface area contributed by atoms with Gasteiger partial charge in [0.25, 0.3) is 5.56 Å². The van der Waals surface area contributed by atoms with Crippen LogP contribution in [0.1, 0.15) is 12.7 Å². The molecule has 3 rings (SSSR count). The fourth-order valence-electron chi connectivity index (χ4n) is 3.54. The Labute approximate surface area is 168 Å². The average Bonchev–Trinajstić information content (AvgIpc) is 3.08. The van der Waals surface area contributed by atoms with Gasteiger partial charge in [0, 0.05) is 53.9 Å². The Morgan fingerprint density at radius 3 is 2.41 bits per heavy atom. The van der Waals surface area contributed by atoms with Gasteiger partial charge in [-0.15, -0.1) is 0 Å². The van der Waals surface area contributed by atoms with Gasteiger partial charge in [-0.05, 0) is 6.92 Å². The molecule has 0 aromatic carbocycles. The van der Waals surface area contributed by atoms with Crippen molar-refractivity contribution >= 4 is 17.3 Å². The zero-order chi connectivity index (χ0) is 21.1. The summed E-state index contributed by atoms with van der Waals surface area (Å²) in [7, 11) is 4.67. The van der Waals surface area contributed by atoms with E-state index in [1.54, 1.807) is 26.0 Å². The van der Waals surface area contributed by atoms with Crippen LogP contribution in [0.25, 0.3) is 11.2 Å². The van der Waals surface area contributed by atoms with Gasteiger partial charge < -0.3 is 18.9 Å². The third-order valence-electron chi connectivity index (χ3n) is 5.21. The van der Waals surface area contributed by atoms with Gasteiger partial charge in [-0.2, -0.15) is 0 Å². The molecule has 1 amide bonds. The molecule has 0 N–H and O–H groups in total. The highest BCUT2D eigenvalue weighted by atomic mass is 16.6. The van der Waals surface area contributed by atoms with Crippen molar-refractivity contribution in [3.63, 3.8) is 0 Å². The Kier molecular flexibility index (Phi) is 6.38. The van der Waals surface area contributed by atoms with Crippen LogP contribution in [0.15, 0.2) is 9.59 Å². The van der Waals surface area contributed by atoms with Crippen LogP contribution >= 0.6 is 0 Å². The number of imidazole rings is 1. The Bertz CT molecular complexity index is 999. The standard InChI is InChI=1S/C18H28N6O5/c1-5-29-18(27)23-8-6-22(7-9-23)12-13-19-15-14(24(13)10-11-28-4)16(25)21(3)17(26)20(15)2/h5-12H2,1-4H3. The zero-order valence-electron chi connectivity index (χ0n) is 17.4. The van der Waals surface area contributed by atoms with Crippen LogP contribution in [0.2, 0.25) is 0 Å². The van der Waals surface area contributed by atoms with Crippen LogP contribution in [0, 0.1) is 0 Å². The topological polar surface area (TPSA) is 104 Å². The lowest BCUT2D eigenvalue weighted by molar-refractivity contribution is 0.0767. The third kappa shape index (κ3) is 4.06. The number of amides is 1. The molecule has 1 aliphatic heterocycles. The summed E-state index contributed by atoms with van der Waals surface area (Å²) in [5.74, 6) is 0.694. The number of hydrogen-bond acceptors (Lipinski definition) is 7. The minimum Gasteiger partial charge on any atom is -0.450 e. The molecule has 1 aliphatic rings. The Hall–Kier alpha value is -2.66. The average molecular weight is 408 g/mol. The van der Waals surface area contributed by atoms with Crippen LogP contribution in [0.3, 0.4) is 0 Å². The quantitative estimate of drug-likeness (QED) is 0.626. The summed E-state index contributed by atoms with van der Waals surface area (Å²) in [6, 6.07) is 0. The molecule has 0 atom stereocenters. The number of piperazine rings is 1. The molecule has 2 aromatic heterocycles. The van der Waals surface area contributed by atoms with Crippen molar-refractivity contribution in [3.05, 3.63) is 26.7 Å². The van der Waals surface area contributed by atoms with Gasteiger partial charge in [-0.25, -0.2) is 14.6 Å². The second-order valence-corrected chi connectivity index (χ2v) is 7.01. The molecule has 0 unspecified atom stereocenters. The molecule has 11 heteroatoms. The molecule has 2 aromatic rings. The van der Waals surface area contributed by atoms with Gasteiger partial charge >= 0.3 is 11.8 Å². The number of aryl methyl sites for hydroxylation is 1. The van der Waals surface area contributed by atoms with Gasteiger partial charge in [0.2, 0.25) is 0 Å². The van der Waals surface area contributed by atoms with Crippen LogP contribution in [0.5, 0.6) is 0 Å². The summed E-state index contributed by atoms with van der Waals surface area (Å²) in [5, 5.41) is 0. The van der Waals surface area contributed by atoms with E-state index in [9.17, 15) is 14.4 Å². The van der Waals surface area contributed by atoms with Gasteiger partial charge in [-0.3, -0.25) is 18.8 Å². The molecule has 0 bridgehead atoms. The minimum absolute atomic E-state index is 0.294. The normalized spacial score (nSPS) is 15.2. The number of aromatic nitrogens is 4. The van der Waals surface area contributed by atoms with Crippen molar-refractivity contribution in [2.24, 2.45) is 14.1 Å². The van der Waals surface area contributed by atoms with Gasteiger partial charge in [0.05, 0.1) is 19.8 Å². The number of methoxy groups -OCH3 is 1. The maximum Gasteiger partial charge on any atom is 0.409 e. The highest BCUT2D eigenvalue weighted by molar-refractivity contribution is 5.71. The number of carbonyl (C=O) groups is 1. The third-order valence-corrected chi connectivity index (χ3v) is 5.21. The van der Waals surface area contributed by atoms with E-state index < -0.39 is 5.69 Å². The number of hydrogen-bond donors (Lipinski definition) is 0. The Morgan fingerprint density at radius 1 is 1.10 bits per heavy atom. The molecule has 0 spiro atoms. The van der Waals surface area contributed by atoms with E-state index in [-0.39, 0.29) is 11.7 Å². The molecule has 0 saturated carbocycles. The molecule has 3 heterocycles. The van der Waals surface area contributed by atoms with E-state index in [1.165, 1.54) is 11.6 Å². The van der Waals surface area contributed by atoms with E-state index in [1.807, 2.05) is 4.57 Å². The first-order valence-electron chi connectivity index (χ1n) is 9.67. The van der Waals surface area contributed by atoms with Crippen LogP contribution in [0.4, 0.5) is 4.79 Å². The number of carbonyl (C=O) groups excluding carboxylic acids is 1. The number of fused-ring (bicyclic) bond motifs is 1. The molecular weight excluding hydrogens is 380 g/mol. The molecule has 1 fully saturated rings. The molecule has 0 aliphatic carbocycles. The van der Waals surface area contributed by atoms with E-state index in [2.05, 4.69) is 9.88 Å². The van der Waals surface area contributed by atoms with Crippen molar-refractivity contribution in [2.75, 3.05) is 46.5 Å². The first-order valence-corrected chi connectivity index (χ1v) is 9.67. The summed E-state index contributed by atoms with van der Waals surface area (Å²) in [6.07, 6.45) is -0.294. The monoisotopic (exact) mass is 408 g/mol. The predicted octanol–water partition coefficient (Wildman–Crippen LogP) is -0.646. The van der Waals surface area contributed by atoms with Gasteiger partial charge in [0.1, 0.15) is 5.82 Å². The number of ether oxygens (including phenoxy) is 2. The van der Waals surface area contributed by atoms with Crippen LogP contribution < -0.4 is 11.2 Å². The fourth-order valence-corrected chi connectivity index (χ4v) is 3.54. The molecule has 1 saturated heterocycles. The fraction of sp³-hybridized carbons (Fsp3) is 0.667. The summed E-state index contributed by atoms with van der Waals surface area (Å²) < 4.78 is 14.6. The van der Waals surface area contributed by atoms with Gasteiger partial charge in [0.15, 0.2) is 11.2 Å². The molecule has 29 heavy (non-hydrogen) atoms. The Balaban J connectivity index is 1.89. The second kappa shape index (κ2) is 8.78. The number of rotatable bonds is 6.